The van der Waals surface area contributed by atoms with Crippen molar-refractivity contribution in [2.75, 3.05) is 0 Å². The van der Waals surface area contributed by atoms with Crippen molar-refractivity contribution in [3.05, 3.63) is 12.2 Å². The number of hydrogen-bond donors (Lipinski definition) is 1. The molecule has 0 radical (unpaired) electrons. The summed E-state index contributed by atoms with van der Waals surface area (Å²) >= 11 is 0. The minimum atomic E-state index is -1.03. The van der Waals surface area contributed by atoms with Crippen LogP contribution in [-0.4, -0.2) is 10.7 Å². The first-order valence-corrected chi connectivity index (χ1v) is 3.56. The van der Waals surface area contributed by atoms with E-state index in [1.165, 1.54) is 0 Å². The lowest BCUT2D eigenvalue weighted by Gasteiger charge is -2.20. The van der Waals surface area contributed by atoms with E-state index < -0.39 is 5.60 Å². The van der Waals surface area contributed by atoms with Gasteiger partial charge in [0.05, 0.1) is 6.07 Å². The van der Waals surface area contributed by atoms with Gasteiger partial charge in [0, 0.05) is 5.92 Å². The quantitative estimate of drug-likeness (QED) is 0.395. The molecule has 1 saturated carbocycles. The number of nitriles is 1. The second kappa shape index (κ2) is 1.62. The summed E-state index contributed by atoms with van der Waals surface area (Å²) in [5, 5.41) is 18.2. The van der Waals surface area contributed by atoms with E-state index in [9.17, 15) is 5.11 Å². The normalized spacial score (nSPS) is 49.6. The first-order chi connectivity index (χ1) is 4.74. The van der Waals surface area contributed by atoms with Crippen molar-refractivity contribution in [3.63, 3.8) is 0 Å². The molecule has 2 rings (SSSR count). The van der Waals surface area contributed by atoms with Gasteiger partial charge in [0.15, 0.2) is 5.60 Å². The van der Waals surface area contributed by atoms with Crippen LogP contribution >= 0.6 is 0 Å². The SMILES string of the molecule is N#C[C@]1(O)C[C@@H]2C=C[C@H]1C2. The van der Waals surface area contributed by atoms with Gasteiger partial charge in [-0.25, -0.2) is 0 Å². The van der Waals surface area contributed by atoms with E-state index in [0.29, 0.717) is 12.3 Å². The van der Waals surface area contributed by atoms with Gasteiger partial charge >= 0.3 is 0 Å². The summed E-state index contributed by atoms with van der Waals surface area (Å²) < 4.78 is 0. The molecule has 0 saturated heterocycles. The zero-order chi connectivity index (χ0) is 7.19. The van der Waals surface area contributed by atoms with Crippen LogP contribution in [0.5, 0.6) is 0 Å². The van der Waals surface area contributed by atoms with Crippen molar-refractivity contribution in [1.29, 1.82) is 5.26 Å². The number of fused-ring (bicyclic) bond motifs is 2. The highest BCUT2D eigenvalue weighted by molar-refractivity contribution is 5.23. The molecule has 2 nitrogen and oxygen atoms in total. The van der Waals surface area contributed by atoms with Crippen LogP contribution in [0.2, 0.25) is 0 Å². The van der Waals surface area contributed by atoms with Gasteiger partial charge in [0.25, 0.3) is 0 Å². The van der Waals surface area contributed by atoms with Gasteiger partial charge in [0.1, 0.15) is 0 Å². The summed E-state index contributed by atoms with van der Waals surface area (Å²) in [6, 6.07) is 1.98. The molecular formula is C8H9NO. The molecule has 0 heterocycles. The van der Waals surface area contributed by atoms with E-state index in [2.05, 4.69) is 6.08 Å². The van der Waals surface area contributed by atoms with Crippen LogP contribution in [0.1, 0.15) is 12.8 Å². The van der Waals surface area contributed by atoms with Gasteiger partial charge in [-0.2, -0.15) is 5.26 Å². The Labute approximate surface area is 59.8 Å². The third-order valence-corrected chi connectivity index (χ3v) is 2.55. The van der Waals surface area contributed by atoms with Crippen LogP contribution in [0, 0.1) is 23.2 Å². The van der Waals surface area contributed by atoms with Gasteiger partial charge in [-0.05, 0) is 18.8 Å². The molecule has 52 valence electrons. The highest BCUT2D eigenvalue weighted by atomic mass is 16.3. The molecule has 2 heteroatoms. The lowest BCUT2D eigenvalue weighted by Crippen LogP contribution is -2.30. The Hall–Kier alpha value is -0.810. The lowest BCUT2D eigenvalue weighted by atomic mass is 9.90. The largest absolute Gasteiger partial charge is 0.375 e. The summed E-state index contributed by atoms with van der Waals surface area (Å²) in [5.41, 5.74) is -1.03. The topological polar surface area (TPSA) is 44.0 Å². The fraction of sp³-hybridized carbons (Fsp3) is 0.625. The van der Waals surface area contributed by atoms with Crippen LogP contribution in [0.3, 0.4) is 0 Å². The molecule has 2 bridgehead atoms. The van der Waals surface area contributed by atoms with Crippen LogP contribution in [0.15, 0.2) is 12.2 Å². The van der Waals surface area contributed by atoms with Gasteiger partial charge in [0.2, 0.25) is 0 Å². The van der Waals surface area contributed by atoms with Gasteiger partial charge in [-0.15, -0.1) is 0 Å². The van der Waals surface area contributed by atoms with Crippen molar-refractivity contribution < 1.29 is 5.11 Å². The minimum absolute atomic E-state index is 0.113. The molecular weight excluding hydrogens is 126 g/mol. The first kappa shape index (κ1) is 5.94. The molecule has 0 unspecified atom stereocenters. The molecule has 0 spiro atoms. The number of nitrogens with zero attached hydrogens (tertiary/aromatic N) is 1. The smallest absolute Gasteiger partial charge is 0.157 e. The maximum Gasteiger partial charge on any atom is 0.157 e. The molecule has 10 heavy (non-hydrogen) atoms. The summed E-state index contributed by atoms with van der Waals surface area (Å²) in [4.78, 5) is 0. The second-order valence-corrected chi connectivity index (χ2v) is 3.23. The Bertz CT molecular complexity index is 228. The Morgan fingerprint density at radius 2 is 2.40 bits per heavy atom. The lowest BCUT2D eigenvalue weighted by molar-refractivity contribution is 0.0728. The highest BCUT2D eigenvalue weighted by Gasteiger charge is 2.47. The molecule has 0 aromatic rings. The summed E-state index contributed by atoms with van der Waals surface area (Å²) in [6.07, 6.45) is 5.70. The summed E-state index contributed by atoms with van der Waals surface area (Å²) in [7, 11) is 0. The highest BCUT2D eigenvalue weighted by Crippen LogP contribution is 2.45. The zero-order valence-corrected chi connectivity index (χ0v) is 5.62. The van der Waals surface area contributed by atoms with Crippen LogP contribution in [0.4, 0.5) is 0 Å². The minimum Gasteiger partial charge on any atom is -0.375 e. The molecule has 0 aliphatic heterocycles. The molecule has 2 aliphatic rings. The van der Waals surface area contributed by atoms with Crippen molar-refractivity contribution in [2.45, 2.75) is 18.4 Å². The predicted octanol–water partition coefficient (Wildman–Crippen LogP) is 0.837. The fourth-order valence-corrected chi connectivity index (χ4v) is 1.96. The third kappa shape index (κ3) is 0.559. The maximum absolute atomic E-state index is 9.58. The number of rotatable bonds is 0. The Kier molecular flexibility index (Phi) is 0.959. The van der Waals surface area contributed by atoms with E-state index in [0.717, 1.165) is 6.42 Å². The summed E-state index contributed by atoms with van der Waals surface area (Å²) in [5.74, 6) is 0.581. The third-order valence-electron chi connectivity index (χ3n) is 2.55. The number of hydrogen-bond acceptors (Lipinski definition) is 2. The van der Waals surface area contributed by atoms with Crippen molar-refractivity contribution >= 4 is 0 Å². The molecule has 3 atom stereocenters. The molecule has 1 fully saturated rings. The maximum atomic E-state index is 9.58. The molecule has 1 N–H and O–H groups in total. The Balaban J connectivity index is 2.33. The van der Waals surface area contributed by atoms with Gasteiger partial charge in [-0.3, -0.25) is 0 Å². The predicted molar refractivity (Wildman–Crippen MR) is 35.9 cm³/mol. The van der Waals surface area contributed by atoms with E-state index in [1.54, 1.807) is 0 Å². The summed E-state index contributed by atoms with van der Waals surface area (Å²) in [6.45, 7) is 0. The fourth-order valence-electron chi connectivity index (χ4n) is 1.96. The average Bonchev–Trinajstić information content (AvgIpc) is 2.46. The Morgan fingerprint density at radius 3 is 2.70 bits per heavy atom. The molecule has 2 aliphatic carbocycles. The first-order valence-electron chi connectivity index (χ1n) is 3.56. The second-order valence-electron chi connectivity index (χ2n) is 3.23. The number of aliphatic hydroxyl groups is 1. The van der Waals surface area contributed by atoms with Crippen LogP contribution in [0.25, 0.3) is 0 Å². The molecule has 0 aromatic carbocycles. The van der Waals surface area contributed by atoms with Gasteiger partial charge < -0.3 is 5.11 Å². The van der Waals surface area contributed by atoms with Crippen molar-refractivity contribution in [3.8, 4) is 6.07 Å². The van der Waals surface area contributed by atoms with E-state index >= 15 is 0 Å². The van der Waals surface area contributed by atoms with Crippen molar-refractivity contribution in [2.24, 2.45) is 11.8 Å². The van der Waals surface area contributed by atoms with E-state index in [-0.39, 0.29) is 5.92 Å². The average molecular weight is 135 g/mol. The van der Waals surface area contributed by atoms with Gasteiger partial charge in [-0.1, -0.05) is 12.2 Å². The van der Waals surface area contributed by atoms with Crippen LogP contribution in [-0.2, 0) is 0 Å². The molecule has 0 amide bonds. The Morgan fingerprint density at radius 1 is 1.60 bits per heavy atom. The molecule has 0 aromatic heterocycles. The monoisotopic (exact) mass is 135 g/mol. The standard InChI is InChI=1S/C8H9NO/c9-5-8(10)4-6-1-2-7(8)3-6/h1-2,6-7,10H,3-4H2/t6-,7+,8-/m1/s1. The number of allylic oxidation sites excluding steroid dienone is 1. The van der Waals surface area contributed by atoms with E-state index in [1.807, 2.05) is 12.1 Å². The van der Waals surface area contributed by atoms with Crippen molar-refractivity contribution in [1.82, 2.24) is 0 Å². The zero-order valence-electron chi connectivity index (χ0n) is 5.62. The van der Waals surface area contributed by atoms with E-state index in [4.69, 9.17) is 5.26 Å². The van der Waals surface area contributed by atoms with Crippen LogP contribution < -0.4 is 0 Å².